The van der Waals surface area contributed by atoms with E-state index < -0.39 is 0 Å². The third kappa shape index (κ3) is 3.60. The molecule has 128 valence electrons. The van der Waals surface area contributed by atoms with Gasteiger partial charge in [-0.1, -0.05) is 23.2 Å². The zero-order valence-electron chi connectivity index (χ0n) is 14.1. The summed E-state index contributed by atoms with van der Waals surface area (Å²) in [5.41, 5.74) is 3.59. The topological polar surface area (TPSA) is 46.9 Å². The van der Waals surface area contributed by atoms with Crippen LogP contribution < -0.4 is 5.32 Å². The molecule has 1 aliphatic carbocycles. The molecule has 1 heterocycles. The van der Waals surface area contributed by atoms with Crippen molar-refractivity contribution in [1.29, 1.82) is 0 Å². The van der Waals surface area contributed by atoms with Gasteiger partial charge in [-0.15, -0.1) is 0 Å². The van der Waals surface area contributed by atoms with Crippen molar-refractivity contribution >= 4 is 29.1 Å². The van der Waals surface area contributed by atoms with Crippen LogP contribution in [-0.4, -0.2) is 21.7 Å². The number of nitrogens with one attached hydrogen (secondary N) is 1. The molecule has 1 aromatic heterocycles. The Balaban J connectivity index is 1.80. The van der Waals surface area contributed by atoms with Crippen molar-refractivity contribution in [3.05, 3.63) is 45.2 Å². The second-order valence-electron chi connectivity index (χ2n) is 6.53. The highest BCUT2D eigenvalue weighted by Crippen LogP contribution is 2.32. The third-order valence-electron chi connectivity index (χ3n) is 4.64. The van der Waals surface area contributed by atoms with E-state index in [4.69, 9.17) is 23.2 Å². The molecule has 2 aromatic rings. The van der Waals surface area contributed by atoms with Crippen molar-refractivity contribution in [3.8, 4) is 5.69 Å². The van der Waals surface area contributed by atoms with Gasteiger partial charge in [0.25, 0.3) is 0 Å². The largest absolute Gasteiger partial charge is 0.353 e. The number of hydrogen-bond donors (Lipinski definition) is 1. The standard InChI is InChI=1S/C18H21Cl2N3O/c1-10(13-4-5-13)21-18(24)9-15-11(2)22-23(12(15)3)14-6-7-16(19)17(20)8-14/h6-8,10,13H,4-5,9H2,1-3H3,(H,21,24). The number of hydrogen-bond acceptors (Lipinski definition) is 2. The first-order valence-corrected chi connectivity index (χ1v) is 8.92. The number of benzene rings is 1. The summed E-state index contributed by atoms with van der Waals surface area (Å²) in [6, 6.07) is 5.65. The minimum absolute atomic E-state index is 0.0503. The van der Waals surface area contributed by atoms with Crippen LogP contribution in [0.1, 0.15) is 36.7 Å². The van der Waals surface area contributed by atoms with Gasteiger partial charge < -0.3 is 5.32 Å². The SMILES string of the molecule is Cc1nn(-c2ccc(Cl)c(Cl)c2)c(C)c1CC(=O)NC(C)C1CC1. The Hall–Kier alpha value is -1.52. The molecule has 0 bridgehead atoms. The Bertz CT molecular complexity index is 781. The quantitative estimate of drug-likeness (QED) is 0.860. The second kappa shape index (κ2) is 6.77. The van der Waals surface area contributed by atoms with Crippen LogP contribution in [0, 0.1) is 19.8 Å². The predicted octanol–water partition coefficient (Wildman–Crippen LogP) is 4.25. The number of halogens is 2. The summed E-state index contributed by atoms with van der Waals surface area (Å²) in [7, 11) is 0. The summed E-state index contributed by atoms with van der Waals surface area (Å²) in [6.07, 6.45) is 2.78. The van der Waals surface area contributed by atoms with Crippen LogP contribution in [0.25, 0.3) is 5.69 Å². The number of aromatic nitrogens is 2. The Morgan fingerprint density at radius 3 is 2.67 bits per heavy atom. The average molecular weight is 366 g/mol. The predicted molar refractivity (Wildman–Crippen MR) is 97.1 cm³/mol. The fraction of sp³-hybridized carbons (Fsp3) is 0.444. The molecule has 0 radical (unpaired) electrons. The van der Waals surface area contributed by atoms with Crippen molar-refractivity contribution in [1.82, 2.24) is 15.1 Å². The van der Waals surface area contributed by atoms with E-state index in [2.05, 4.69) is 17.3 Å². The lowest BCUT2D eigenvalue weighted by Crippen LogP contribution is -2.35. The van der Waals surface area contributed by atoms with Gasteiger partial charge in [0.15, 0.2) is 0 Å². The lowest BCUT2D eigenvalue weighted by Gasteiger charge is -2.13. The molecule has 1 atom stereocenters. The average Bonchev–Trinajstić information content (AvgIpc) is 3.33. The van der Waals surface area contributed by atoms with E-state index in [-0.39, 0.29) is 11.9 Å². The highest BCUT2D eigenvalue weighted by atomic mass is 35.5. The lowest BCUT2D eigenvalue weighted by atomic mass is 10.1. The molecule has 0 aliphatic heterocycles. The molecule has 6 heteroatoms. The summed E-state index contributed by atoms with van der Waals surface area (Å²) in [5.74, 6) is 0.698. The first-order valence-electron chi connectivity index (χ1n) is 8.16. The summed E-state index contributed by atoms with van der Waals surface area (Å²) in [6.45, 7) is 5.97. The highest BCUT2D eigenvalue weighted by molar-refractivity contribution is 6.42. The molecule has 1 fully saturated rings. The Morgan fingerprint density at radius 1 is 1.33 bits per heavy atom. The van der Waals surface area contributed by atoms with Crippen LogP contribution in [0.15, 0.2) is 18.2 Å². The molecule has 0 spiro atoms. The number of amides is 1. The van der Waals surface area contributed by atoms with Crippen LogP contribution in [0.4, 0.5) is 0 Å². The van der Waals surface area contributed by atoms with Gasteiger partial charge in [-0.25, -0.2) is 4.68 Å². The van der Waals surface area contributed by atoms with E-state index in [0.717, 1.165) is 22.6 Å². The molecule has 1 aromatic carbocycles. The molecule has 1 saturated carbocycles. The maximum Gasteiger partial charge on any atom is 0.224 e. The molecular formula is C18H21Cl2N3O. The maximum absolute atomic E-state index is 12.3. The fourth-order valence-corrected chi connectivity index (χ4v) is 3.27. The van der Waals surface area contributed by atoms with Crippen molar-refractivity contribution in [2.24, 2.45) is 5.92 Å². The first kappa shape index (κ1) is 17.3. The normalized spacial score (nSPS) is 15.4. The zero-order chi connectivity index (χ0) is 17.4. The second-order valence-corrected chi connectivity index (χ2v) is 7.34. The van der Waals surface area contributed by atoms with Gasteiger partial charge in [0, 0.05) is 17.3 Å². The van der Waals surface area contributed by atoms with Gasteiger partial charge in [0.1, 0.15) is 0 Å². The van der Waals surface area contributed by atoms with Gasteiger partial charge in [-0.2, -0.15) is 5.10 Å². The van der Waals surface area contributed by atoms with Crippen LogP contribution in [0.3, 0.4) is 0 Å². The minimum Gasteiger partial charge on any atom is -0.353 e. The summed E-state index contributed by atoms with van der Waals surface area (Å²) < 4.78 is 1.81. The number of nitrogens with zero attached hydrogens (tertiary/aromatic N) is 2. The molecule has 1 unspecified atom stereocenters. The van der Waals surface area contributed by atoms with Crippen molar-refractivity contribution in [2.75, 3.05) is 0 Å². The zero-order valence-corrected chi connectivity index (χ0v) is 15.6. The summed E-state index contributed by atoms with van der Waals surface area (Å²) in [4.78, 5) is 12.3. The maximum atomic E-state index is 12.3. The minimum atomic E-state index is 0.0503. The highest BCUT2D eigenvalue weighted by Gasteiger charge is 2.29. The van der Waals surface area contributed by atoms with E-state index in [1.165, 1.54) is 12.8 Å². The van der Waals surface area contributed by atoms with Gasteiger partial charge in [-0.05, 0) is 57.7 Å². The molecule has 0 saturated heterocycles. The van der Waals surface area contributed by atoms with Crippen molar-refractivity contribution in [2.45, 2.75) is 46.1 Å². The van der Waals surface area contributed by atoms with Gasteiger partial charge in [0.05, 0.1) is 27.8 Å². The lowest BCUT2D eigenvalue weighted by molar-refractivity contribution is -0.121. The van der Waals surface area contributed by atoms with E-state index in [0.29, 0.717) is 22.4 Å². The van der Waals surface area contributed by atoms with Gasteiger partial charge >= 0.3 is 0 Å². The molecule has 1 aliphatic rings. The van der Waals surface area contributed by atoms with E-state index in [1.807, 2.05) is 24.6 Å². The summed E-state index contributed by atoms with van der Waals surface area (Å²) in [5, 5.41) is 8.66. The molecule has 1 N–H and O–H groups in total. The van der Waals surface area contributed by atoms with Gasteiger partial charge in [-0.3, -0.25) is 4.79 Å². The van der Waals surface area contributed by atoms with E-state index >= 15 is 0 Å². The Labute approximate surface area is 152 Å². The number of rotatable bonds is 5. The van der Waals surface area contributed by atoms with Crippen LogP contribution >= 0.6 is 23.2 Å². The van der Waals surface area contributed by atoms with Crippen molar-refractivity contribution in [3.63, 3.8) is 0 Å². The molecule has 24 heavy (non-hydrogen) atoms. The monoisotopic (exact) mass is 365 g/mol. The first-order chi connectivity index (χ1) is 11.4. The fourth-order valence-electron chi connectivity index (χ4n) is 2.98. The summed E-state index contributed by atoms with van der Waals surface area (Å²) >= 11 is 12.1. The number of carbonyl (C=O) groups is 1. The Morgan fingerprint density at radius 2 is 2.04 bits per heavy atom. The molecule has 4 nitrogen and oxygen atoms in total. The number of carbonyl (C=O) groups excluding carboxylic acids is 1. The van der Waals surface area contributed by atoms with Crippen LogP contribution in [0.2, 0.25) is 10.0 Å². The van der Waals surface area contributed by atoms with E-state index in [1.54, 1.807) is 12.1 Å². The smallest absolute Gasteiger partial charge is 0.224 e. The molecule has 3 rings (SSSR count). The van der Waals surface area contributed by atoms with Crippen LogP contribution in [0.5, 0.6) is 0 Å². The molecular weight excluding hydrogens is 345 g/mol. The Kier molecular flexibility index (Phi) is 4.88. The third-order valence-corrected chi connectivity index (χ3v) is 5.38. The van der Waals surface area contributed by atoms with E-state index in [9.17, 15) is 4.79 Å². The number of aryl methyl sites for hydroxylation is 1. The molecule has 1 amide bonds. The van der Waals surface area contributed by atoms with Crippen molar-refractivity contribution < 1.29 is 4.79 Å². The van der Waals surface area contributed by atoms with Crippen LogP contribution in [-0.2, 0) is 11.2 Å². The van der Waals surface area contributed by atoms with Gasteiger partial charge in [0.2, 0.25) is 5.91 Å².